The van der Waals surface area contributed by atoms with Crippen LogP contribution in [0.15, 0.2) is 22.8 Å². The lowest BCUT2D eigenvalue weighted by atomic mass is 9.99. The molecule has 1 saturated heterocycles. The van der Waals surface area contributed by atoms with Gasteiger partial charge in [0.1, 0.15) is 0 Å². The number of nitrogens with zero attached hydrogens (tertiary/aromatic N) is 5. The van der Waals surface area contributed by atoms with Crippen molar-refractivity contribution in [1.29, 1.82) is 0 Å². The second kappa shape index (κ2) is 7.80. The number of carbonyl (C=O) groups is 1. The average Bonchev–Trinajstić information content (AvgIpc) is 3.30. The number of amides is 1. The Morgan fingerprint density at radius 1 is 1.30 bits per heavy atom. The van der Waals surface area contributed by atoms with Crippen LogP contribution >= 0.6 is 0 Å². The van der Waals surface area contributed by atoms with Crippen molar-refractivity contribution in [3.8, 4) is 0 Å². The van der Waals surface area contributed by atoms with Crippen LogP contribution in [0.3, 0.4) is 0 Å². The summed E-state index contributed by atoms with van der Waals surface area (Å²) in [7, 11) is 0. The van der Waals surface area contributed by atoms with E-state index in [2.05, 4.69) is 50.1 Å². The Balaban J connectivity index is 1.74. The highest BCUT2D eigenvalue weighted by atomic mass is 16.3. The summed E-state index contributed by atoms with van der Waals surface area (Å²) in [5.41, 5.74) is -0.162. The Bertz CT molecular complexity index is 739. The Kier molecular flexibility index (Phi) is 5.64. The van der Waals surface area contributed by atoms with Gasteiger partial charge in [-0.3, -0.25) is 4.79 Å². The molecule has 0 unspecified atom stereocenters. The molecule has 3 heterocycles. The van der Waals surface area contributed by atoms with Crippen LogP contribution in [0.2, 0.25) is 0 Å². The molecule has 0 saturated carbocycles. The Morgan fingerprint density at radius 2 is 2.00 bits per heavy atom. The fraction of sp³-hybridized carbons (Fsp3) is 0.684. The van der Waals surface area contributed by atoms with Gasteiger partial charge in [-0.2, -0.15) is 0 Å². The van der Waals surface area contributed by atoms with Crippen LogP contribution in [0.1, 0.15) is 63.5 Å². The molecule has 3 rings (SSSR count). The van der Waals surface area contributed by atoms with Crippen molar-refractivity contribution in [3.05, 3.63) is 30.0 Å². The lowest BCUT2D eigenvalue weighted by Gasteiger charge is -2.37. The number of furan rings is 1. The van der Waals surface area contributed by atoms with Crippen molar-refractivity contribution >= 4 is 5.91 Å². The summed E-state index contributed by atoms with van der Waals surface area (Å²) in [4.78, 5) is 15.8. The van der Waals surface area contributed by atoms with E-state index in [9.17, 15) is 4.79 Å². The first-order valence-electron chi connectivity index (χ1n) is 9.73. The van der Waals surface area contributed by atoms with Crippen LogP contribution in [0.25, 0.3) is 0 Å². The van der Waals surface area contributed by atoms with Gasteiger partial charge in [0, 0.05) is 6.42 Å². The lowest BCUT2D eigenvalue weighted by Crippen LogP contribution is -3.15. The Hall–Kier alpha value is -2.22. The number of aromatic nitrogens is 4. The third kappa shape index (κ3) is 4.37. The molecule has 0 radical (unpaired) electrons. The number of hydrogen-bond acceptors (Lipinski definition) is 5. The number of hydrogen-bond donors (Lipinski definition) is 1. The minimum absolute atomic E-state index is 0.0287. The largest absolute Gasteiger partial charge is 0.459 e. The van der Waals surface area contributed by atoms with E-state index in [1.165, 1.54) is 4.90 Å². The van der Waals surface area contributed by atoms with E-state index >= 15 is 0 Å². The number of tetrazole rings is 1. The maximum absolute atomic E-state index is 12.5. The molecule has 8 nitrogen and oxygen atoms in total. The predicted octanol–water partition coefficient (Wildman–Crippen LogP) is 1.15. The van der Waals surface area contributed by atoms with Crippen molar-refractivity contribution < 1.29 is 14.1 Å². The van der Waals surface area contributed by atoms with Crippen LogP contribution in [0.5, 0.6) is 0 Å². The van der Waals surface area contributed by atoms with Crippen LogP contribution in [-0.2, 0) is 5.54 Å². The maximum atomic E-state index is 12.5. The fourth-order valence-electron chi connectivity index (χ4n) is 3.72. The van der Waals surface area contributed by atoms with E-state index in [4.69, 9.17) is 4.42 Å². The van der Waals surface area contributed by atoms with Crippen molar-refractivity contribution in [2.45, 2.75) is 52.6 Å². The molecular formula is C19H31N6O2+. The molecule has 0 bridgehead atoms. The van der Waals surface area contributed by atoms with Gasteiger partial charge in [-0.1, -0.05) is 13.8 Å². The first-order valence-corrected chi connectivity index (χ1v) is 9.73. The van der Waals surface area contributed by atoms with Crippen molar-refractivity contribution in [2.24, 2.45) is 5.92 Å². The molecule has 0 aliphatic carbocycles. The van der Waals surface area contributed by atoms with Crippen LogP contribution in [-0.4, -0.2) is 57.2 Å². The van der Waals surface area contributed by atoms with E-state index in [-0.39, 0.29) is 17.5 Å². The quantitative estimate of drug-likeness (QED) is 0.848. The smallest absolute Gasteiger partial charge is 0.289 e. The summed E-state index contributed by atoms with van der Waals surface area (Å²) in [6.07, 6.45) is 2.55. The molecule has 2 aromatic rings. The highest BCUT2D eigenvalue weighted by Gasteiger charge is 2.36. The molecule has 1 fully saturated rings. The molecular weight excluding hydrogens is 344 g/mol. The van der Waals surface area contributed by atoms with E-state index in [0.717, 1.165) is 25.3 Å². The van der Waals surface area contributed by atoms with E-state index in [1.807, 2.05) is 9.58 Å². The zero-order valence-corrected chi connectivity index (χ0v) is 17.0. The number of rotatable bonds is 5. The monoisotopic (exact) mass is 375 g/mol. The summed E-state index contributed by atoms with van der Waals surface area (Å²) in [6, 6.07) is 3.69. The second-order valence-electron chi connectivity index (χ2n) is 8.73. The van der Waals surface area contributed by atoms with Gasteiger partial charge in [-0.25, -0.2) is 4.68 Å². The van der Waals surface area contributed by atoms with Crippen LogP contribution < -0.4 is 4.90 Å². The molecule has 0 aromatic carbocycles. The van der Waals surface area contributed by atoms with Gasteiger partial charge in [-0.05, 0) is 49.2 Å². The summed E-state index contributed by atoms with van der Waals surface area (Å²) in [5, 5.41) is 12.6. The maximum Gasteiger partial charge on any atom is 0.289 e. The van der Waals surface area contributed by atoms with Gasteiger partial charge in [0.15, 0.2) is 11.8 Å². The molecule has 8 heteroatoms. The van der Waals surface area contributed by atoms with Crippen LogP contribution in [0, 0.1) is 5.92 Å². The van der Waals surface area contributed by atoms with Crippen molar-refractivity contribution in [3.63, 3.8) is 0 Å². The second-order valence-corrected chi connectivity index (χ2v) is 8.73. The molecule has 1 atom stereocenters. The Labute approximate surface area is 160 Å². The molecule has 1 aliphatic rings. The summed E-state index contributed by atoms with van der Waals surface area (Å²) in [5.74, 6) is 1.86. The van der Waals surface area contributed by atoms with Crippen molar-refractivity contribution in [1.82, 2.24) is 25.1 Å². The molecule has 1 aliphatic heterocycles. The predicted molar refractivity (Wildman–Crippen MR) is 100 cm³/mol. The summed E-state index contributed by atoms with van der Waals surface area (Å²) in [6.45, 7) is 14.0. The van der Waals surface area contributed by atoms with Crippen LogP contribution in [0.4, 0.5) is 0 Å². The van der Waals surface area contributed by atoms with Gasteiger partial charge >= 0.3 is 0 Å². The number of quaternary nitrogens is 1. The zero-order chi connectivity index (χ0) is 19.6. The fourth-order valence-corrected chi connectivity index (χ4v) is 3.72. The topological polar surface area (TPSA) is 81.5 Å². The molecule has 1 N–H and O–H groups in total. The number of nitrogens with one attached hydrogen (secondary N) is 1. The summed E-state index contributed by atoms with van der Waals surface area (Å²) >= 11 is 0. The highest BCUT2D eigenvalue weighted by Crippen LogP contribution is 2.22. The first-order chi connectivity index (χ1) is 12.8. The first kappa shape index (κ1) is 19.5. The highest BCUT2D eigenvalue weighted by molar-refractivity contribution is 5.91. The summed E-state index contributed by atoms with van der Waals surface area (Å²) < 4.78 is 7.21. The molecule has 0 spiro atoms. The minimum atomic E-state index is -0.162. The SMILES string of the molecule is CC(C)C[C@H](c1nnnn1C(C)(C)C)[NH+]1CCN(C(=O)c2ccco2)CC1. The van der Waals surface area contributed by atoms with E-state index in [0.29, 0.717) is 24.8 Å². The normalized spacial score (nSPS) is 17.5. The van der Waals surface area contributed by atoms with E-state index in [1.54, 1.807) is 18.4 Å². The molecule has 2 aromatic heterocycles. The number of carbonyl (C=O) groups excluding carboxylic acids is 1. The standard InChI is InChI=1S/C19H30N6O2/c1-14(2)13-15(17-20-21-22-25(17)19(3,4)5)23-8-10-24(11-9-23)18(26)16-7-6-12-27-16/h6-7,12,14-15H,8-11,13H2,1-5H3/p+1/t15-/m1/s1. The van der Waals surface area contributed by atoms with Crippen molar-refractivity contribution in [2.75, 3.05) is 26.2 Å². The molecule has 27 heavy (non-hydrogen) atoms. The third-order valence-electron chi connectivity index (χ3n) is 5.07. The average molecular weight is 375 g/mol. The number of piperazine rings is 1. The Morgan fingerprint density at radius 3 is 2.56 bits per heavy atom. The molecule has 148 valence electrons. The zero-order valence-electron chi connectivity index (χ0n) is 17.0. The lowest BCUT2D eigenvalue weighted by molar-refractivity contribution is -0.937. The van der Waals surface area contributed by atoms with Gasteiger partial charge < -0.3 is 14.2 Å². The van der Waals surface area contributed by atoms with Gasteiger partial charge in [0.25, 0.3) is 5.91 Å². The minimum Gasteiger partial charge on any atom is -0.459 e. The molecule has 1 amide bonds. The van der Waals surface area contributed by atoms with Gasteiger partial charge in [-0.15, -0.1) is 5.10 Å². The van der Waals surface area contributed by atoms with Gasteiger partial charge in [0.05, 0.1) is 38.0 Å². The van der Waals surface area contributed by atoms with Gasteiger partial charge in [0.2, 0.25) is 5.82 Å². The third-order valence-corrected chi connectivity index (χ3v) is 5.07. The van der Waals surface area contributed by atoms with E-state index < -0.39 is 0 Å².